The zero-order valence-corrected chi connectivity index (χ0v) is 14.1. The average molecular weight is 347 g/mol. The highest BCUT2D eigenvalue weighted by molar-refractivity contribution is 7.71. The highest BCUT2D eigenvalue weighted by Crippen LogP contribution is 2.28. The molecule has 0 radical (unpaired) electrons. The Bertz CT molecular complexity index is 771. The minimum absolute atomic E-state index is 0.290. The lowest BCUT2D eigenvalue weighted by molar-refractivity contribution is 0.0848. The third-order valence-electron chi connectivity index (χ3n) is 3.82. The van der Waals surface area contributed by atoms with Gasteiger partial charge in [0.05, 0.1) is 10.4 Å². The van der Waals surface area contributed by atoms with Crippen molar-refractivity contribution < 1.29 is 9.59 Å². The Hall–Kier alpha value is -1.99. The number of amides is 2. The number of hydrogen-bond acceptors (Lipinski definition) is 4. The topological polar surface area (TPSA) is 74.0 Å². The van der Waals surface area contributed by atoms with Crippen LogP contribution in [-0.4, -0.2) is 16.8 Å². The number of carbonyl (C=O) groups is 2. The van der Waals surface area contributed by atoms with Crippen LogP contribution < -0.4 is 10.9 Å². The summed E-state index contributed by atoms with van der Waals surface area (Å²) < 4.78 is 0.335. The van der Waals surface area contributed by atoms with Gasteiger partial charge >= 0.3 is 0 Å². The van der Waals surface area contributed by atoms with E-state index in [0.29, 0.717) is 15.1 Å². The molecule has 0 aromatic carbocycles. The number of rotatable bonds is 2. The van der Waals surface area contributed by atoms with Crippen LogP contribution in [0.3, 0.4) is 0 Å². The van der Waals surface area contributed by atoms with E-state index in [1.807, 2.05) is 6.07 Å². The van der Waals surface area contributed by atoms with Crippen LogP contribution in [0.4, 0.5) is 0 Å². The molecule has 23 heavy (non-hydrogen) atoms. The summed E-state index contributed by atoms with van der Waals surface area (Å²) in [7, 11) is 0. The van der Waals surface area contributed by atoms with Gasteiger partial charge in [0, 0.05) is 11.1 Å². The van der Waals surface area contributed by atoms with E-state index in [-0.39, 0.29) is 5.91 Å². The molecule has 0 fully saturated rings. The molecule has 2 amide bonds. The molecule has 7 heteroatoms. The minimum atomic E-state index is -0.432. The second-order valence-electron chi connectivity index (χ2n) is 5.44. The minimum Gasteiger partial charge on any atom is -0.352 e. The smallest absolute Gasteiger partial charge is 0.279 e. The first-order chi connectivity index (χ1) is 11.1. The van der Waals surface area contributed by atoms with Crippen molar-refractivity contribution in [2.45, 2.75) is 32.1 Å². The fraction of sp³-hybridized carbons (Fsp3) is 0.312. The van der Waals surface area contributed by atoms with Crippen molar-refractivity contribution in [1.29, 1.82) is 0 Å². The van der Waals surface area contributed by atoms with E-state index in [1.165, 1.54) is 41.0 Å². The molecule has 0 aliphatic heterocycles. The lowest BCUT2D eigenvalue weighted by atomic mass is 10.1. The van der Waals surface area contributed by atoms with Crippen LogP contribution in [-0.2, 0) is 12.8 Å². The van der Waals surface area contributed by atoms with Gasteiger partial charge in [-0.2, -0.15) is 0 Å². The van der Waals surface area contributed by atoms with E-state index in [9.17, 15) is 9.59 Å². The van der Waals surface area contributed by atoms with Crippen molar-refractivity contribution in [3.63, 3.8) is 0 Å². The van der Waals surface area contributed by atoms with E-state index in [2.05, 4.69) is 15.8 Å². The van der Waals surface area contributed by atoms with Crippen LogP contribution in [0.2, 0.25) is 0 Å². The maximum absolute atomic E-state index is 12.2. The van der Waals surface area contributed by atoms with Gasteiger partial charge in [0.2, 0.25) is 0 Å². The molecule has 1 aliphatic rings. The predicted octanol–water partition coefficient (Wildman–Crippen LogP) is 3.15. The first-order valence-corrected chi connectivity index (χ1v) is 8.77. The van der Waals surface area contributed by atoms with Crippen molar-refractivity contribution in [2.75, 3.05) is 0 Å². The molecule has 2 aromatic rings. The number of fused-ring (bicyclic) bond motifs is 1. The van der Waals surface area contributed by atoms with Crippen molar-refractivity contribution in [3.8, 4) is 0 Å². The Morgan fingerprint density at radius 3 is 2.74 bits per heavy atom. The molecule has 3 rings (SSSR count). The second-order valence-corrected chi connectivity index (χ2v) is 6.99. The molecule has 0 saturated heterocycles. The van der Waals surface area contributed by atoms with E-state index < -0.39 is 5.91 Å². The lowest BCUT2D eigenvalue weighted by Crippen LogP contribution is -2.41. The third kappa shape index (κ3) is 3.68. The van der Waals surface area contributed by atoms with Crippen LogP contribution in [0.1, 0.15) is 49.7 Å². The number of aryl methyl sites for hydroxylation is 2. The average Bonchev–Trinajstić information content (AvgIpc) is 2.84. The number of hydrogen-bond donors (Lipinski definition) is 3. The Morgan fingerprint density at radius 2 is 1.91 bits per heavy atom. The molecule has 1 aliphatic carbocycles. The Kier molecular flexibility index (Phi) is 4.88. The second kappa shape index (κ2) is 7.06. The number of nitrogens with one attached hydrogen (secondary N) is 3. The normalized spacial score (nSPS) is 13.7. The largest absolute Gasteiger partial charge is 0.352 e. The fourth-order valence-corrected chi connectivity index (χ4v) is 4.00. The quantitative estimate of drug-likeness (QED) is 0.444. The first-order valence-electron chi connectivity index (χ1n) is 7.55. The summed E-state index contributed by atoms with van der Waals surface area (Å²) in [5.41, 5.74) is 6.47. The van der Waals surface area contributed by atoms with Gasteiger partial charge in [-0.1, -0.05) is 18.6 Å². The van der Waals surface area contributed by atoms with Crippen molar-refractivity contribution in [1.82, 2.24) is 15.8 Å². The van der Waals surface area contributed by atoms with Crippen molar-refractivity contribution in [3.05, 3.63) is 49.9 Å². The molecule has 0 atom stereocenters. The highest BCUT2D eigenvalue weighted by Gasteiger charge is 2.17. The zero-order chi connectivity index (χ0) is 16.2. The molecule has 5 nitrogen and oxygen atoms in total. The van der Waals surface area contributed by atoms with E-state index >= 15 is 0 Å². The molecule has 0 spiro atoms. The van der Waals surface area contributed by atoms with Gasteiger partial charge in [-0.25, -0.2) is 0 Å². The number of H-pyrrole nitrogens is 1. The predicted molar refractivity (Wildman–Crippen MR) is 92.1 cm³/mol. The SMILES string of the molecule is O=C(NNC(=O)c1ccc[nH]c1=S)c1cc2c(s1)CCCCC2. The number of pyridine rings is 1. The Labute approximate surface area is 143 Å². The summed E-state index contributed by atoms with van der Waals surface area (Å²) in [6.07, 6.45) is 7.32. The van der Waals surface area contributed by atoms with Crippen molar-refractivity contribution >= 4 is 35.4 Å². The van der Waals surface area contributed by atoms with E-state index in [0.717, 1.165) is 12.8 Å². The maximum atomic E-state index is 12.2. The number of aromatic amines is 1. The molecular formula is C16H17N3O2S2. The van der Waals surface area contributed by atoms with Gasteiger partial charge in [0.15, 0.2) is 0 Å². The Morgan fingerprint density at radius 1 is 1.13 bits per heavy atom. The monoisotopic (exact) mass is 347 g/mol. The molecule has 0 unspecified atom stereocenters. The molecule has 2 aromatic heterocycles. The maximum Gasteiger partial charge on any atom is 0.279 e. The zero-order valence-electron chi connectivity index (χ0n) is 12.5. The van der Waals surface area contributed by atoms with E-state index in [1.54, 1.807) is 18.3 Å². The molecule has 3 N–H and O–H groups in total. The summed E-state index contributed by atoms with van der Waals surface area (Å²) in [5, 5.41) is 0. The van der Waals surface area contributed by atoms with Crippen LogP contribution >= 0.6 is 23.6 Å². The van der Waals surface area contributed by atoms with Gasteiger partial charge in [-0.3, -0.25) is 20.4 Å². The standard InChI is InChI=1S/C16H17N3O2S2/c20-14(11-6-4-8-17-16(11)22)18-19-15(21)13-9-10-5-2-1-3-7-12(10)23-13/h4,6,8-9H,1-3,5,7H2,(H,17,22)(H,18,20)(H,19,21). The fourth-order valence-electron chi connectivity index (χ4n) is 2.62. The molecule has 120 valence electrons. The first kappa shape index (κ1) is 15.9. The van der Waals surface area contributed by atoms with Crippen LogP contribution in [0.25, 0.3) is 0 Å². The summed E-state index contributed by atoms with van der Waals surface area (Å²) in [6, 6.07) is 5.23. The lowest BCUT2D eigenvalue weighted by Gasteiger charge is -2.06. The van der Waals surface area contributed by atoms with Gasteiger partial charge in [-0.15, -0.1) is 11.3 Å². The summed E-state index contributed by atoms with van der Waals surface area (Å²) >= 11 is 6.56. The molecule has 0 saturated carbocycles. The highest BCUT2D eigenvalue weighted by atomic mass is 32.1. The summed E-state index contributed by atoms with van der Waals surface area (Å²) in [4.78, 5) is 29.0. The third-order valence-corrected chi connectivity index (χ3v) is 5.40. The number of thiophene rings is 1. The summed E-state index contributed by atoms with van der Waals surface area (Å²) in [5.74, 6) is -0.722. The van der Waals surface area contributed by atoms with Crippen molar-refractivity contribution in [2.24, 2.45) is 0 Å². The van der Waals surface area contributed by atoms with E-state index in [4.69, 9.17) is 12.2 Å². The number of carbonyl (C=O) groups excluding carboxylic acids is 2. The van der Waals surface area contributed by atoms with Crippen LogP contribution in [0, 0.1) is 4.64 Å². The number of hydrazine groups is 1. The summed E-state index contributed by atoms with van der Waals surface area (Å²) in [6.45, 7) is 0. The Balaban J connectivity index is 1.65. The molecular weight excluding hydrogens is 330 g/mol. The molecule has 0 bridgehead atoms. The molecule has 2 heterocycles. The van der Waals surface area contributed by atoms with Gasteiger partial charge in [0.25, 0.3) is 11.8 Å². The van der Waals surface area contributed by atoms with Crippen LogP contribution in [0.5, 0.6) is 0 Å². The van der Waals surface area contributed by atoms with Gasteiger partial charge in [-0.05, 0) is 49.4 Å². The van der Waals surface area contributed by atoms with Crippen LogP contribution in [0.15, 0.2) is 24.4 Å². The number of aromatic nitrogens is 1. The van der Waals surface area contributed by atoms with Gasteiger partial charge < -0.3 is 4.98 Å². The van der Waals surface area contributed by atoms with Gasteiger partial charge in [0.1, 0.15) is 4.64 Å².